The summed E-state index contributed by atoms with van der Waals surface area (Å²) in [4.78, 5) is 39.2. The number of carbonyl (C=O) groups excluding carboxylic acids is 2. The number of hydrogen-bond donors (Lipinski definition) is 1. The molecule has 0 aromatic heterocycles. The number of amides is 2. The zero-order valence-electron chi connectivity index (χ0n) is 22.8. The van der Waals surface area contributed by atoms with E-state index in [1.165, 1.54) is 35.2 Å². The van der Waals surface area contributed by atoms with E-state index in [0.717, 1.165) is 21.5 Å². The molecule has 0 aliphatic rings. The summed E-state index contributed by atoms with van der Waals surface area (Å²) in [5.41, 5.74) is 1.44. The third-order valence-corrected chi connectivity index (χ3v) is 8.14. The Labute approximate surface area is 234 Å². The highest BCUT2D eigenvalue weighted by atomic mass is 32.2. The second-order valence-corrected chi connectivity index (χ2v) is 11.2. The minimum absolute atomic E-state index is 0.0369. The molecule has 0 saturated heterocycles. The van der Waals surface area contributed by atoms with E-state index in [-0.39, 0.29) is 28.7 Å². The third kappa shape index (κ3) is 7.44. The number of hydrogen-bond acceptors (Lipinski definition) is 6. The molecule has 1 atom stereocenters. The fourth-order valence-corrected chi connectivity index (χ4v) is 5.61. The van der Waals surface area contributed by atoms with Crippen LogP contribution in [0.25, 0.3) is 0 Å². The van der Waals surface area contributed by atoms with Crippen molar-refractivity contribution >= 4 is 33.2 Å². The minimum Gasteiger partial charge on any atom is -0.354 e. The summed E-state index contributed by atoms with van der Waals surface area (Å²) in [6.45, 7) is 5.48. The topological polar surface area (TPSA) is 130 Å². The predicted octanol–water partition coefficient (Wildman–Crippen LogP) is 4.43. The second kappa shape index (κ2) is 13.7. The van der Waals surface area contributed by atoms with Crippen LogP contribution in [0.15, 0.2) is 83.8 Å². The lowest BCUT2D eigenvalue weighted by molar-refractivity contribution is -0.384. The number of nitrogens with zero attached hydrogens (tertiary/aromatic N) is 3. The maximum absolute atomic E-state index is 14.0. The Morgan fingerprint density at radius 1 is 0.975 bits per heavy atom. The van der Waals surface area contributed by atoms with Crippen LogP contribution in [0, 0.1) is 17.0 Å². The largest absolute Gasteiger partial charge is 0.354 e. The number of nitro groups is 1. The molecule has 0 aliphatic heterocycles. The van der Waals surface area contributed by atoms with Crippen LogP contribution < -0.4 is 9.62 Å². The van der Waals surface area contributed by atoms with Crippen molar-refractivity contribution in [1.29, 1.82) is 0 Å². The smallest absolute Gasteiger partial charge is 0.271 e. The molecule has 212 valence electrons. The highest BCUT2D eigenvalue weighted by Crippen LogP contribution is 2.27. The van der Waals surface area contributed by atoms with Crippen LogP contribution in [0.1, 0.15) is 37.8 Å². The Morgan fingerprint density at radius 3 is 2.25 bits per heavy atom. The van der Waals surface area contributed by atoms with Crippen LogP contribution in [0.4, 0.5) is 11.4 Å². The molecule has 0 radical (unpaired) electrons. The average Bonchev–Trinajstić information content (AvgIpc) is 2.96. The summed E-state index contributed by atoms with van der Waals surface area (Å²) in [7, 11) is -4.31. The summed E-state index contributed by atoms with van der Waals surface area (Å²) in [5.74, 6) is -0.956. The molecule has 0 bridgehead atoms. The third-order valence-electron chi connectivity index (χ3n) is 6.35. The van der Waals surface area contributed by atoms with E-state index in [4.69, 9.17) is 0 Å². The van der Waals surface area contributed by atoms with E-state index < -0.39 is 33.4 Å². The van der Waals surface area contributed by atoms with Gasteiger partial charge in [0.05, 0.1) is 15.5 Å². The lowest BCUT2D eigenvalue weighted by atomic mass is 10.1. The number of anilines is 1. The summed E-state index contributed by atoms with van der Waals surface area (Å²) in [6, 6.07) is 19.3. The summed E-state index contributed by atoms with van der Waals surface area (Å²) < 4.78 is 28.4. The molecule has 3 aromatic rings. The highest BCUT2D eigenvalue weighted by molar-refractivity contribution is 7.92. The van der Waals surface area contributed by atoms with Gasteiger partial charge in [-0.1, -0.05) is 67.9 Å². The Kier molecular flexibility index (Phi) is 10.4. The van der Waals surface area contributed by atoms with Gasteiger partial charge in [0.1, 0.15) is 12.6 Å². The molecule has 11 heteroatoms. The molecular formula is C29H34N4O6S. The van der Waals surface area contributed by atoms with E-state index in [1.807, 2.05) is 38.1 Å². The van der Waals surface area contributed by atoms with E-state index in [0.29, 0.717) is 19.4 Å². The number of carbonyl (C=O) groups is 2. The molecule has 1 N–H and O–H groups in total. The predicted molar refractivity (Wildman–Crippen MR) is 153 cm³/mol. The van der Waals surface area contributed by atoms with Crippen molar-refractivity contribution in [2.45, 2.75) is 51.1 Å². The van der Waals surface area contributed by atoms with E-state index >= 15 is 0 Å². The lowest BCUT2D eigenvalue weighted by Gasteiger charge is -2.33. The first kappa shape index (κ1) is 30.3. The van der Waals surface area contributed by atoms with Gasteiger partial charge in [-0.15, -0.1) is 0 Å². The maximum atomic E-state index is 14.0. The molecule has 3 rings (SSSR count). The fraction of sp³-hybridized carbons (Fsp3) is 0.310. The van der Waals surface area contributed by atoms with Crippen LogP contribution in [0.3, 0.4) is 0 Å². The molecule has 0 saturated carbocycles. The van der Waals surface area contributed by atoms with Gasteiger partial charge in [-0.05, 0) is 43.5 Å². The molecule has 0 fully saturated rings. The Hall–Kier alpha value is -4.25. The van der Waals surface area contributed by atoms with Gasteiger partial charge in [-0.3, -0.25) is 24.0 Å². The highest BCUT2D eigenvalue weighted by Gasteiger charge is 2.34. The van der Waals surface area contributed by atoms with Crippen molar-refractivity contribution in [2.75, 3.05) is 17.4 Å². The van der Waals surface area contributed by atoms with Crippen molar-refractivity contribution < 1.29 is 22.9 Å². The monoisotopic (exact) mass is 566 g/mol. The van der Waals surface area contributed by atoms with Crippen molar-refractivity contribution in [3.63, 3.8) is 0 Å². The Bertz CT molecular complexity index is 1430. The Morgan fingerprint density at radius 2 is 1.65 bits per heavy atom. The van der Waals surface area contributed by atoms with Gasteiger partial charge in [-0.2, -0.15) is 0 Å². The first-order valence-corrected chi connectivity index (χ1v) is 14.5. The molecule has 0 spiro atoms. The molecule has 0 aliphatic carbocycles. The lowest BCUT2D eigenvalue weighted by Crippen LogP contribution is -2.52. The average molecular weight is 567 g/mol. The first-order chi connectivity index (χ1) is 19.1. The molecule has 2 amide bonds. The number of aryl methyl sites for hydroxylation is 1. The van der Waals surface area contributed by atoms with Crippen molar-refractivity contribution in [1.82, 2.24) is 10.2 Å². The SMILES string of the molecule is CCCNC(=O)[C@@H](CC)N(Cc1ccc(C)cc1)C(=O)CN(c1cccc([N+](=O)[O-])c1)S(=O)(=O)c1ccccc1. The van der Waals surface area contributed by atoms with Crippen LogP contribution in [-0.4, -0.2) is 49.2 Å². The van der Waals surface area contributed by atoms with Gasteiger partial charge >= 0.3 is 0 Å². The minimum atomic E-state index is -4.31. The maximum Gasteiger partial charge on any atom is 0.271 e. The number of sulfonamides is 1. The summed E-state index contributed by atoms with van der Waals surface area (Å²) >= 11 is 0. The normalized spacial score (nSPS) is 11.9. The van der Waals surface area contributed by atoms with Crippen molar-refractivity contribution in [3.8, 4) is 0 Å². The van der Waals surface area contributed by atoms with Gasteiger partial charge in [0, 0.05) is 25.2 Å². The number of rotatable bonds is 13. The quantitative estimate of drug-likeness (QED) is 0.241. The van der Waals surface area contributed by atoms with Crippen LogP contribution in [0.5, 0.6) is 0 Å². The van der Waals surface area contributed by atoms with E-state index in [2.05, 4.69) is 5.32 Å². The number of benzene rings is 3. The number of nitrogens with one attached hydrogen (secondary N) is 1. The number of non-ortho nitro benzene ring substituents is 1. The van der Waals surface area contributed by atoms with Crippen LogP contribution >= 0.6 is 0 Å². The van der Waals surface area contributed by atoms with Crippen LogP contribution in [0.2, 0.25) is 0 Å². The van der Waals surface area contributed by atoms with E-state index in [1.54, 1.807) is 25.1 Å². The molecule has 0 unspecified atom stereocenters. The van der Waals surface area contributed by atoms with Gasteiger partial charge in [-0.25, -0.2) is 8.42 Å². The summed E-state index contributed by atoms with van der Waals surface area (Å²) in [6.07, 6.45) is 1.01. The molecule has 3 aromatic carbocycles. The van der Waals surface area contributed by atoms with Crippen molar-refractivity contribution in [3.05, 3.63) is 100 Å². The Balaban J connectivity index is 2.07. The van der Waals surface area contributed by atoms with Gasteiger partial charge in [0.2, 0.25) is 11.8 Å². The van der Waals surface area contributed by atoms with Crippen LogP contribution in [-0.2, 0) is 26.2 Å². The molecular weight excluding hydrogens is 532 g/mol. The van der Waals surface area contributed by atoms with Crippen molar-refractivity contribution in [2.24, 2.45) is 0 Å². The fourth-order valence-electron chi connectivity index (χ4n) is 4.19. The molecule has 40 heavy (non-hydrogen) atoms. The summed E-state index contributed by atoms with van der Waals surface area (Å²) in [5, 5.41) is 14.3. The zero-order valence-corrected chi connectivity index (χ0v) is 23.6. The second-order valence-electron chi connectivity index (χ2n) is 9.32. The number of nitro benzene ring substituents is 1. The van der Waals surface area contributed by atoms with E-state index in [9.17, 15) is 28.1 Å². The first-order valence-electron chi connectivity index (χ1n) is 13.0. The molecule has 10 nitrogen and oxygen atoms in total. The van der Waals surface area contributed by atoms with Gasteiger partial charge < -0.3 is 10.2 Å². The zero-order chi connectivity index (χ0) is 29.3. The molecule has 0 heterocycles. The van der Waals surface area contributed by atoms with Gasteiger partial charge in [0.25, 0.3) is 15.7 Å². The van der Waals surface area contributed by atoms with Gasteiger partial charge in [0.15, 0.2) is 0 Å². The standard InChI is InChI=1S/C29H34N4O6S/c1-4-18-30-29(35)27(5-2)31(20-23-16-14-22(3)15-17-23)28(34)21-32(24-10-9-11-25(19-24)33(36)37)40(38,39)26-12-7-6-8-13-26/h6-17,19,27H,4-5,18,20-21H2,1-3H3,(H,30,35)/t27-/m1/s1.